The van der Waals surface area contributed by atoms with Gasteiger partial charge in [0.05, 0.1) is 18.4 Å². The standard InChI is InChI=1S/C13H13N5O2/c19-12-7-16(8-17(12)9-3-4-9)13(20)10-6-15-18-11(10)2-1-5-14-18/h1-2,5-6,9H,3-4,7-8H2. The second-order valence-electron chi connectivity index (χ2n) is 5.20. The molecular formula is C13H13N5O2. The molecule has 1 aliphatic carbocycles. The molecule has 3 heterocycles. The summed E-state index contributed by atoms with van der Waals surface area (Å²) < 4.78 is 1.42. The average molecular weight is 271 g/mol. The first-order valence-corrected chi connectivity index (χ1v) is 6.62. The summed E-state index contributed by atoms with van der Waals surface area (Å²) in [4.78, 5) is 27.8. The molecule has 0 unspecified atom stereocenters. The minimum Gasteiger partial charge on any atom is -0.320 e. The molecule has 1 aliphatic heterocycles. The van der Waals surface area contributed by atoms with E-state index in [0.29, 0.717) is 23.8 Å². The van der Waals surface area contributed by atoms with Crippen LogP contribution < -0.4 is 0 Å². The first kappa shape index (κ1) is 11.4. The maximum Gasteiger partial charge on any atom is 0.259 e. The minimum atomic E-state index is -0.162. The number of aromatic nitrogens is 3. The summed E-state index contributed by atoms with van der Waals surface area (Å²) in [6.07, 6.45) is 5.22. The van der Waals surface area contributed by atoms with Crippen LogP contribution in [0, 0.1) is 0 Å². The van der Waals surface area contributed by atoms with E-state index in [1.54, 1.807) is 28.1 Å². The molecule has 0 N–H and O–H groups in total. The number of amides is 2. The maximum absolute atomic E-state index is 12.5. The van der Waals surface area contributed by atoms with Crippen LogP contribution in [0.15, 0.2) is 24.5 Å². The summed E-state index contributed by atoms with van der Waals surface area (Å²) in [5.74, 6) is -0.125. The average Bonchev–Trinajstić information content (AvgIpc) is 3.09. The lowest BCUT2D eigenvalue weighted by atomic mass is 10.2. The van der Waals surface area contributed by atoms with Crippen molar-refractivity contribution in [2.24, 2.45) is 0 Å². The van der Waals surface area contributed by atoms with Crippen LogP contribution in [-0.4, -0.2) is 55.7 Å². The molecule has 1 saturated heterocycles. The molecule has 2 amide bonds. The van der Waals surface area contributed by atoms with Gasteiger partial charge in [0.1, 0.15) is 12.1 Å². The van der Waals surface area contributed by atoms with Crippen LogP contribution in [0.2, 0.25) is 0 Å². The number of carbonyl (C=O) groups is 2. The second-order valence-corrected chi connectivity index (χ2v) is 5.20. The Kier molecular flexibility index (Phi) is 2.29. The Bertz CT molecular complexity index is 706. The Balaban J connectivity index is 1.63. The normalized spacial score (nSPS) is 19.1. The van der Waals surface area contributed by atoms with E-state index in [1.807, 2.05) is 0 Å². The molecule has 2 aromatic heterocycles. The predicted molar refractivity (Wildman–Crippen MR) is 68.8 cm³/mol. The van der Waals surface area contributed by atoms with E-state index in [-0.39, 0.29) is 18.4 Å². The van der Waals surface area contributed by atoms with Crippen molar-refractivity contribution in [3.63, 3.8) is 0 Å². The van der Waals surface area contributed by atoms with Gasteiger partial charge < -0.3 is 9.80 Å². The van der Waals surface area contributed by atoms with Crippen molar-refractivity contribution in [1.82, 2.24) is 24.6 Å². The lowest BCUT2D eigenvalue weighted by Gasteiger charge is -2.17. The van der Waals surface area contributed by atoms with Crippen molar-refractivity contribution in [3.8, 4) is 0 Å². The van der Waals surface area contributed by atoms with Gasteiger partial charge in [-0.05, 0) is 25.0 Å². The monoisotopic (exact) mass is 271 g/mol. The zero-order valence-corrected chi connectivity index (χ0v) is 10.8. The Labute approximate surface area is 114 Å². The molecule has 7 nitrogen and oxygen atoms in total. The van der Waals surface area contributed by atoms with Gasteiger partial charge in [0.15, 0.2) is 0 Å². The van der Waals surface area contributed by atoms with Crippen molar-refractivity contribution in [2.75, 3.05) is 13.2 Å². The van der Waals surface area contributed by atoms with Crippen molar-refractivity contribution >= 4 is 17.3 Å². The molecule has 1 saturated carbocycles. The Morgan fingerprint density at radius 3 is 2.95 bits per heavy atom. The maximum atomic E-state index is 12.5. The Morgan fingerprint density at radius 1 is 1.30 bits per heavy atom. The topological polar surface area (TPSA) is 70.8 Å². The molecule has 4 rings (SSSR count). The third-order valence-electron chi connectivity index (χ3n) is 3.78. The summed E-state index contributed by atoms with van der Waals surface area (Å²) in [5, 5.41) is 8.09. The lowest BCUT2D eigenvalue weighted by Crippen LogP contribution is -2.32. The van der Waals surface area contributed by atoms with Crippen molar-refractivity contribution < 1.29 is 9.59 Å². The van der Waals surface area contributed by atoms with E-state index in [2.05, 4.69) is 10.2 Å². The van der Waals surface area contributed by atoms with E-state index in [1.165, 1.54) is 10.8 Å². The number of nitrogens with zero attached hydrogens (tertiary/aromatic N) is 5. The molecule has 7 heteroatoms. The molecule has 20 heavy (non-hydrogen) atoms. The zero-order chi connectivity index (χ0) is 13.7. The number of hydrogen-bond donors (Lipinski definition) is 0. The summed E-state index contributed by atoms with van der Waals surface area (Å²) in [5.41, 5.74) is 1.15. The number of rotatable bonds is 2. The zero-order valence-electron chi connectivity index (χ0n) is 10.8. The number of fused-ring (bicyclic) bond motifs is 1. The fourth-order valence-electron chi connectivity index (χ4n) is 2.58. The highest BCUT2D eigenvalue weighted by Gasteiger charge is 2.40. The van der Waals surface area contributed by atoms with Crippen LogP contribution in [0.25, 0.3) is 5.52 Å². The summed E-state index contributed by atoms with van der Waals surface area (Å²) in [6.45, 7) is 0.548. The highest BCUT2D eigenvalue weighted by molar-refractivity contribution is 6.02. The third kappa shape index (κ3) is 1.66. The van der Waals surface area contributed by atoms with E-state index >= 15 is 0 Å². The highest BCUT2D eigenvalue weighted by Crippen LogP contribution is 2.29. The summed E-state index contributed by atoms with van der Waals surface area (Å²) in [7, 11) is 0. The largest absolute Gasteiger partial charge is 0.320 e. The highest BCUT2D eigenvalue weighted by atomic mass is 16.2. The van der Waals surface area contributed by atoms with E-state index in [9.17, 15) is 9.59 Å². The minimum absolute atomic E-state index is 0.0375. The fraction of sp³-hybridized carbons (Fsp3) is 0.385. The molecule has 0 bridgehead atoms. The SMILES string of the molecule is O=C(c1cnn2ncccc12)N1CC(=O)N(C2CC2)C1. The molecule has 0 radical (unpaired) electrons. The van der Waals surface area contributed by atoms with E-state index in [0.717, 1.165) is 12.8 Å². The summed E-state index contributed by atoms with van der Waals surface area (Å²) in [6, 6.07) is 3.90. The molecule has 2 aliphatic rings. The van der Waals surface area contributed by atoms with Gasteiger partial charge in [-0.15, -0.1) is 0 Å². The Morgan fingerprint density at radius 2 is 2.15 bits per heavy atom. The third-order valence-corrected chi connectivity index (χ3v) is 3.78. The van der Waals surface area contributed by atoms with Crippen LogP contribution in [-0.2, 0) is 4.79 Å². The van der Waals surface area contributed by atoms with Gasteiger partial charge in [-0.25, -0.2) is 0 Å². The quantitative estimate of drug-likeness (QED) is 0.778. The van der Waals surface area contributed by atoms with Crippen LogP contribution in [0.3, 0.4) is 0 Å². The van der Waals surface area contributed by atoms with E-state index in [4.69, 9.17) is 0 Å². The molecule has 0 aromatic carbocycles. The van der Waals surface area contributed by atoms with Crippen LogP contribution in [0.4, 0.5) is 0 Å². The van der Waals surface area contributed by atoms with Crippen LogP contribution in [0.5, 0.6) is 0 Å². The smallest absolute Gasteiger partial charge is 0.259 e. The number of carbonyl (C=O) groups excluding carboxylic acids is 2. The fourth-order valence-corrected chi connectivity index (χ4v) is 2.58. The van der Waals surface area contributed by atoms with Gasteiger partial charge in [-0.2, -0.15) is 14.8 Å². The summed E-state index contributed by atoms with van der Waals surface area (Å²) >= 11 is 0. The first-order chi connectivity index (χ1) is 9.74. The van der Waals surface area contributed by atoms with Crippen LogP contribution in [0.1, 0.15) is 23.2 Å². The Hall–Kier alpha value is -2.44. The molecule has 0 atom stereocenters. The van der Waals surface area contributed by atoms with Crippen molar-refractivity contribution in [1.29, 1.82) is 0 Å². The predicted octanol–water partition coefficient (Wildman–Crippen LogP) is 0.134. The molecule has 2 aromatic rings. The first-order valence-electron chi connectivity index (χ1n) is 6.62. The van der Waals surface area contributed by atoms with Crippen molar-refractivity contribution in [3.05, 3.63) is 30.1 Å². The number of hydrogen-bond acceptors (Lipinski definition) is 4. The van der Waals surface area contributed by atoms with Gasteiger partial charge in [-0.1, -0.05) is 0 Å². The van der Waals surface area contributed by atoms with Gasteiger partial charge in [0.25, 0.3) is 5.91 Å². The van der Waals surface area contributed by atoms with Gasteiger partial charge in [0, 0.05) is 12.2 Å². The lowest BCUT2D eigenvalue weighted by molar-refractivity contribution is -0.127. The van der Waals surface area contributed by atoms with E-state index < -0.39 is 0 Å². The molecule has 102 valence electrons. The van der Waals surface area contributed by atoms with Crippen molar-refractivity contribution in [2.45, 2.75) is 18.9 Å². The van der Waals surface area contributed by atoms with Gasteiger partial charge in [0.2, 0.25) is 5.91 Å². The molecule has 0 spiro atoms. The van der Waals surface area contributed by atoms with Gasteiger partial charge >= 0.3 is 0 Å². The van der Waals surface area contributed by atoms with Gasteiger partial charge in [-0.3, -0.25) is 9.59 Å². The van der Waals surface area contributed by atoms with Crippen LogP contribution >= 0.6 is 0 Å². The second kappa shape index (κ2) is 4.03. The molecular weight excluding hydrogens is 258 g/mol. The molecule has 2 fully saturated rings.